The molecule has 1 amide bonds. The summed E-state index contributed by atoms with van der Waals surface area (Å²) in [7, 11) is 0. The molecule has 0 aliphatic rings. The number of hydrogen-bond donors (Lipinski definition) is 2. The largest absolute Gasteiger partial charge is 0.478 e. The van der Waals surface area contributed by atoms with Gasteiger partial charge in [0.05, 0.1) is 22.4 Å². The van der Waals surface area contributed by atoms with E-state index < -0.39 is 11.9 Å². The molecule has 2 aromatic rings. The van der Waals surface area contributed by atoms with Gasteiger partial charge in [-0.1, -0.05) is 11.6 Å². The number of nitrogens with one attached hydrogen (secondary N) is 1. The fraction of sp³-hybridized carbons (Fsp3) is 0. The Kier molecular flexibility index (Phi) is 3.54. The van der Waals surface area contributed by atoms with Crippen LogP contribution in [0.1, 0.15) is 0 Å². The molecule has 2 N–H and O–H groups in total. The topological polar surface area (TPSA) is 92.2 Å². The Hall–Kier alpha value is -1.99. The normalized spacial score (nSPS) is 10.9. The molecule has 0 saturated heterocycles. The predicted molar refractivity (Wildman–Crippen MR) is 67.8 cm³/mol. The number of anilines is 1. The molecule has 0 aliphatic heterocycles. The zero-order valence-corrected chi connectivity index (χ0v) is 10.3. The molecule has 0 bridgehead atoms. The highest BCUT2D eigenvalue weighted by molar-refractivity contribution is 7.00. The van der Waals surface area contributed by atoms with Gasteiger partial charge in [0.1, 0.15) is 11.0 Å². The number of amides is 1. The molecule has 0 spiro atoms. The Labute approximate surface area is 110 Å². The van der Waals surface area contributed by atoms with E-state index in [1.807, 2.05) is 0 Å². The van der Waals surface area contributed by atoms with E-state index in [4.69, 9.17) is 16.7 Å². The first-order valence-electron chi connectivity index (χ1n) is 4.70. The maximum Gasteiger partial charge on any atom is 0.328 e. The van der Waals surface area contributed by atoms with E-state index in [0.29, 0.717) is 21.7 Å². The van der Waals surface area contributed by atoms with Crippen LogP contribution in [0.2, 0.25) is 5.02 Å². The molecule has 0 unspecified atom stereocenters. The average molecular weight is 284 g/mol. The SMILES string of the molecule is O=C(O)C=CC(=O)Nc1c(Cl)ccc2nsnc12. The summed E-state index contributed by atoms with van der Waals surface area (Å²) in [5, 5.41) is 11.2. The number of aromatic nitrogens is 2. The van der Waals surface area contributed by atoms with Crippen molar-refractivity contribution in [3.63, 3.8) is 0 Å². The Bertz CT molecular complexity index is 653. The van der Waals surface area contributed by atoms with Crippen molar-refractivity contribution in [1.82, 2.24) is 8.75 Å². The summed E-state index contributed by atoms with van der Waals surface area (Å²) in [6.07, 6.45) is 1.64. The third kappa shape index (κ3) is 2.63. The maximum absolute atomic E-state index is 11.5. The summed E-state index contributed by atoms with van der Waals surface area (Å²) in [5.74, 6) is -1.80. The minimum atomic E-state index is -1.20. The van der Waals surface area contributed by atoms with Crippen molar-refractivity contribution in [2.24, 2.45) is 0 Å². The maximum atomic E-state index is 11.5. The van der Waals surface area contributed by atoms with Gasteiger partial charge < -0.3 is 10.4 Å². The van der Waals surface area contributed by atoms with E-state index in [0.717, 1.165) is 23.9 Å². The van der Waals surface area contributed by atoms with E-state index in [1.165, 1.54) is 0 Å². The summed E-state index contributed by atoms with van der Waals surface area (Å²) in [6, 6.07) is 3.27. The fourth-order valence-electron chi connectivity index (χ4n) is 1.26. The highest BCUT2D eigenvalue weighted by Crippen LogP contribution is 2.29. The number of carboxylic acids is 1. The van der Waals surface area contributed by atoms with Gasteiger partial charge >= 0.3 is 5.97 Å². The molecule has 1 aromatic heterocycles. The number of carbonyl (C=O) groups is 2. The number of hydrogen-bond acceptors (Lipinski definition) is 5. The number of carboxylic acid groups (broad SMARTS) is 1. The van der Waals surface area contributed by atoms with Gasteiger partial charge in [0, 0.05) is 12.2 Å². The highest BCUT2D eigenvalue weighted by atomic mass is 35.5. The smallest absolute Gasteiger partial charge is 0.328 e. The second-order valence-electron chi connectivity index (χ2n) is 3.22. The first-order valence-corrected chi connectivity index (χ1v) is 5.81. The summed E-state index contributed by atoms with van der Waals surface area (Å²) < 4.78 is 8.03. The lowest BCUT2D eigenvalue weighted by Gasteiger charge is -2.04. The van der Waals surface area contributed by atoms with Crippen molar-refractivity contribution in [3.8, 4) is 0 Å². The Morgan fingerprint density at radius 1 is 1.33 bits per heavy atom. The van der Waals surface area contributed by atoms with Gasteiger partial charge in [-0.05, 0) is 12.1 Å². The van der Waals surface area contributed by atoms with Gasteiger partial charge in [0.25, 0.3) is 0 Å². The minimum absolute atomic E-state index is 0.312. The lowest BCUT2D eigenvalue weighted by atomic mass is 10.2. The summed E-state index contributed by atoms with van der Waals surface area (Å²) in [6.45, 7) is 0. The van der Waals surface area contributed by atoms with E-state index in [9.17, 15) is 9.59 Å². The van der Waals surface area contributed by atoms with Crippen LogP contribution in [0.15, 0.2) is 24.3 Å². The summed E-state index contributed by atoms with van der Waals surface area (Å²) in [5.41, 5.74) is 1.41. The molecule has 0 atom stereocenters. The van der Waals surface area contributed by atoms with Gasteiger partial charge in [-0.25, -0.2) is 4.79 Å². The van der Waals surface area contributed by atoms with Crippen molar-refractivity contribution < 1.29 is 14.7 Å². The number of fused-ring (bicyclic) bond motifs is 1. The fourth-order valence-corrected chi connectivity index (χ4v) is 2.00. The number of rotatable bonds is 3. The van der Waals surface area contributed by atoms with Gasteiger partial charge in [0.15, 0.2) is 0 Å². The van der Waals surface area contributed by atoms with Gasteiger partial charge in [-0.15, -0.1) is 0 Å². The summed E-state index contributed by atoms with van der Waals surface area (Å²) in [4.78, 5) is 21.8. The van der Waals surface area contributed by atoms with Gasteiger partial charge in [-0.2, -0.15) is 8.75 Å². The van der Waals surface area contributed by atoms with Gasteiger partial charge in [-0.3, -0.25) is 4.79 Å². The second kappa shape index (κ2) is 5.11. The quantitative estimate of drug-likeness (QED) is 0.840. The molecule has 92 valence electrons. The van der Waals surface area contributed by atoms with Crippen LogP contribution in [-0.2, 0) is 9.59 Å². The van der Waals surface area contributed by atoms with Crippen LogP contribution in [0.3, 0.4) is 0 Å². The molecular formula is C10H6ClN3O3S. The standard InChI is InChI=1S/C10H6ClN3O3S/c11-5-1-2-6-10(14-18-13-6)9(5)12-7(15)3-4-8(16)17/h1-4H,(H,12,15)(H,16,17). The van der Waals surface area contributed by atoms with Crippen LogP contribution in [0, 0.1) is 0 Å². The molecule has 0 fully saturated rings. The third-order valence-corrected chi connectivity index (χ3v) is 2.86. The summed E-state index contributed by atoms with van der Waals surface area (Å²) >= 11 is 6.95. The molecule has 1 heterocycles. The molecule has 0 saturated carbocycles. The number of halogens is 1. The first kappa shape index (κ1) is 12.5. The van der Waals surface area contributed by atoms with Gasteiger partial charge in [0.2, 0.25) is 5.91 Å². The lowest BCUT2D eigenvalue weighted by Crippen LogP contribution is -2.09. The first-order chi connectivity index (χ1) is 8.58. The number of benzene rings is 1. The zero-order chi connectivity index (χ0) is 13.1. The van der Waals surface area contributed by atoms with E-state index in [2.05, 4.69) is 14.1 Å². The zero-order valence-electron chi connectivity index (χ0n) is 8.75. The molecule has 2 rings (SSSR count). The number of aliphatic carboxylic acids is 1. The van der Waals surface area contributed by atoms with Crippen LogP contribution >= 0.6 is 23.3 Å². The predicted octanol–water partition coefficient (Wildman–Crippen LogP) is 1.92. The van der Waals surface area contributed by atoms with Crippen molar-refractivity contribution in [1.29, 1.82) is 0 Å². The van der Waals surface area contributed by atoms with Crippen molar-refractivity contribution in [3.05, 3.63) is 29.3 Å². The van der Waals surface area contributed by atoms with Crippen LogP contribution in [0.25, 0.3) is 11.0 Å². The van der Waals surface area contributed by atoms with E-state index in [1.54, 1.807) is 12.1 Å². The molecule has 8 heteroatoms. The van der Waals surface area contributed by atoms with Crippen molar-refractivity contribution in [2.75, 3.05) is 5.32 Å². The number of carbonyl (C=O) groups excluding carboxylic acids is 1. The third-order valence-electron chi connectivity index (χ3n) is 2.00. The molecule has 1 aromatic carbocycles. The molecule has 0 aliphatic carbocycles. The van der Waals surface area contributed by atoms with Crippen LogP contribution in [0.5, 0.6) is 0 Å². The molecular weight excluding hydrogens is 278 g/mol. The van der Waals surface area contributed by atoms with E-state index >= 15 is 0 Å². The highest BCUT2D eigenvalue weighted by Gasteiger charge is 2.11. The van der Waals surface area contributed by atoms with E-state index in [-0.39, 0.29) is 0 Å². The molecule has 18 heavy (non-hydrogen) atoms. The molecule has 0 radical (unpaired) electrons. The van der Waals surface area contributed by atoms with Crippen molar-refractivity contribution >= 4 is 51.9 Å². The monoisotopic (exact) mass is 283 g/mol. The Morgan fingerprint density at radius 3 is 2.83 bits per heavy atom. The van der Waals surface area contributed by atoms with Crippen molar-refractivity contribution in [2.45, 2.75) is 0 Å². The molecule has 6 nitrogen and oxygen atoms in total. The second-order valence-corrected chi connectivity index (χ2v) is 4.15. The Balaban J connectivity index is 2.31. The van der Waals surface area contributed by atoms with Crippen LogP contribution in [0.4, 0.5) is 5.69 Å². The lowest BCUT2D eigenvalue weighted by molar-refractivity contribution is -0.131. The Morgan fingerprint density at radius 2 is 2.11 bits per heavy atom. The number of nitrogens with zero attached hydrogens (tertiary/aromatic N) is 2. The van der Waals surface area contributed by atoms with Crippen LogP contribution < -0.4 is 5.32 Å². The van der Waals surface area contributed by atoms with Crippen LogP contribution in [-0.4, -0.2) is 25.7 Å². The minimum Gasteiger partial charge on any atom is -0.478 e. The average Bonchev–Trinajstić information content (AvgIpc) is 2.78.